The summed E-state index contributed by atoms with van der Waals surface area (Å²) in [5.41, 5.74) is 2.04. The number of nitrogens with one attached hydrogen (secondary N) is 1. The van der Waals surface area contributed by atoms with Gasteiger partial charge in [-0.25, -0.2) is 9.97 Å². The maximum absolute atomic E-state index is 6.17. The number of aromatic nitrogens is 3. The molecule has 31 heavy (non-hydrogen) atoms. The van der Waals surface area contributed by atoms with Crippen LogP contribution < -0.4 is 10.1 Å². The van der Waals surface area contributed by atoms with Crippen LogP contribution >= 0.6 is 23.1 Å². The zero-order valence-electron chi connectivity index (χ0n) is 16.8. The highest BCUT2D eigenvalue weighted by atomic mass is 32.2. The minimum absolute atomic E-state index is 0. The van der Waals surface area contributed by atoms with E-state index in [0.29, 0.717) is 11.6 Å². The van der Waals surface area contributed by atoms with E-state index in [0.717, 1.165) is 33.6 Å². The number of hydrogen-bond acceptors (Lipinski definition) is 7. The number of nitrogens with zero attached hydrogens (tertiary/aromatic N) is 3. The van der Waals surface area contributed by atoms with Gasteiger partial charge < -0.3 is 10.1 Å². The second-order valence-electron chi connectivity index (χ2n) is 6.62. The number of hydrogen-bond donors (Lipinski definition) is 1. The lowest BCUT2D eigenvalue weighted by Gasteiger charge is -2.16. The van der Waals surface area contributed by atoms with Crippen molar-refractivity contribution >= 4 is 34.0 Å². The second kappa shape index (κ2) is 10.9. The SMILES string of the molecule is C.CCC(Sc1cnc(Nc2nc(C)cs2)c(Oc2ccccc2)c1)c1ccccn1. The van der Waals surface area contributed by atoms with Crippen molar-refractivity contribution in [2.75, 3.05) is 5.32 Å². The molecule has 0 spiro atoms. The molecular formula is C24H26N4OS2. The van der Waals surface area contributed by atoms with Crippen molar-refractivity contribution in [1.82, 2.24) is 15.0 Å². The Bertz CT molecular complexity index is 1090. The molecule has 0 fully saturated rings. The van der Waals surface area contributed by atoms with E-state index in [1.165, 1.54) is 0 Å². The van der Waals surface area contributed by atoms with Crippen molar-refractivity contribution in [2.45, 2.75) is 37.8 Å². The quantitative estimate of drug-likeness (QED) is 0.278. The van der Waals surface area contributed by atoms with Crippen molar-refractivity contribution in [3.8, 4) is 11.5 Å². The summed E-state index contributed by atoms with van der Waals surface area (Å²) in [5, 5.41) is 6.33. The van der Waals surface area contributed by atoms with Crippen LogP contribution in [0.5, 0.6) is 11.5 Å². The second-order valence-corrected chi connectivity index (χ2v) is 8.76. The van der Waals surface area contributed by atoms with Crippen LogP contribution in [-0.2, 0) is 0 Å². The topological polar surface area (TPSA) is 59.9 Å². The number of rotatable bonds is 8. The summed E-state index contributed by atoms with van der Waals surface area (Å²) in [4.78, 5) is 14.7. The molecule has 0 aliphatic rings. The van der Waals surface area contributed by atoms with Gasteiger partial charge in [0.15, 0.2) is 16.7 Å². The van der Waals surface area contributed by atoms with Crippen LogP contribution in [0.25, 0.3) is 0 Å². The Hall–Kier alpha value is -2.90. The molecular weight excluding hydrogens is 424 g/mol. The zero-order valence-corrected chi connectivity index (χ0v) is 18.4. The van der Waals surface area contributed by atoms with Gasteiger partial charge in [0.2, 0.25) is 0 Å². The monoisotopic (exact) mass is 450 g/mol. The molecule has 160 valence electrons. The van der Waals surface area contributed by atoms with Gasteiger partial charge in [-0.3, -0.25) is 4.98 Å². The van der Waals surface area contributed by atoms with Gasteiger partial charge in [0, 0.05) is 22.7 Å². The highest BCUT2D eigenvalue weighted by Crippen LogP contribution is 2.40. The molecule has 0 bridgehead atoms. The normalized spacial score (nSPS) is 11.4. The molecule has 3 aromatic heterocycles. The Balaban J connectivity index is 0.00000272. The molecule has 0 amide bonds. The number of benzene rings is 1. The van der Waals surface area contributed by atoms with Crippen molar-refractivity contribution < 1.29 is 4.74 Å². The molecule has 0 radical (unpaired) electrons. The summed E-state index contributed by atoms with van der Waals surface area (Å²) in [5.74, 6) is 2.06. The van der Waals surface area contributed by atoms with Gasteiger partial charge in [-0.1, -0.05) is 38.6 Å². The van der Waals surface area contributed by atoms with E-state index in [4.69, 9.17) is 4.74 Å². The Morgan fingerprint density at radius 1 is 1.10 bits per heavy atom. The summed E-state index contributed by atoms with van der Waals surface area (Å²) >= 11 is 3.28. The number of thiazole rings is 1. The van der Waals surface area contributed by atoms with Gasteiger partial charge in [0.05, 0.1) is 16.6 Å². The molecule has 1 unspecified atom stereocenters. The fraction of sp³-hybridized carbons (Fsp3) is 0.208. The first kappa shape index (κ1) is 22.8. The summed E-state index contributed by atoms with van der Waals surface area (Å²) in [7, 11) is 0. The minimum Gasteiger partial charge on any atom is -0.453 e. The number of anilines is 2. The molecule has 0 aliphatic carbocycles. The van der Waals surface area contributed by atoms with Crippen molar-refractivity contribution in [2.24, 2.45) is 0 Å². The number of aryl methyl sites for hydroxylation is 1. The predicted octanol–water partition coefficient (Wildman–Crippen LogP) is 7.66. The average molecular weight is 451 g/mol. The van der Waals surface area contributed by atoms with Crippen molar-refractivity contribution in [1.29, 1.82) is 0 Å². The fourth-order valence-corrected chi connectivity index (χ4v) is 4.61. The number of pyridine rings is 2. The lowest BCUT2D eigenvalue weighted by molar-refractivity contribution is 0.481. The molecule has 3 heterocycles. The van der Waals surface area contributed by atoms with E-state index in [-0.39, 0.29) is 12.7 Å². The lowest BCUT2D eigenvalue weighted by Crippen LogP contribution is -1.99. The smallest absolute Gasteiger partial charge is 0.188 e. The Morgan fingerprint density at radius 2 is 1.90 bits per heavy atom. The summed E-state index contributed by atoms with van der Waals surface area (Å²) in [6.07, 6.45) is 4.68. The maximum atomic E-state index is 6.17. The van der Waals surface area contributed by atoms with Crippen LogP contribution in [0.15, 0.2) is 77.3 Å². The van der Waals surface area contributed by atoms with E-state index < -0.39 is 0 Å². The van der Waals surface area contributed by atoms with Crippen LogP contribution in [0.2, 0.25) is 0 Å². The molecule has 5 nitrogen and oxygen atoms in total. The van der Waals surface area contributed by atoms with Crippen LogP contribution in [-0.4, -0.2) is 15.0 Å². The zero-order chi connectivity index (χ0) is 20.8. The number of ether oxygens (including phenoxy) is 1. The molecule has 1 N–H and O–H groups in total. The molecule has 4 rings (SSSR count). The molecule has 7 heteroatoms. The van der Waals surface area contributed by atoms with Crippen molar-refractivity contribution in [3.63, 3.8) is 0 Å². The largest absolute Gasteiger partial charge is 0.453 e. The standard InChI is InChI=1S/C23H22N4OS2.CH4/c1-3-21(19-11-7-8-12-24-19)30-18-13-20(28-17-9-5-4-6-10-17)22(25-14-18)27-23-26-16(2)15-29-23;/h4-15,21H,3H2,1-2H3,(H,25,26,27);1H4. The van der Waals surface area contributed by atoms with Crippen molar-refractivity contribution in [3.05, 3.63) is 83.8 Å². The van der Waals surface area contributed by atoms with E-state index in [1.807, 2.05) is 73.2 Å². The van der Waals surface area contributed by atoms with Gasteiger partial charge in [-0.2, -0.15) is 0 Å². The number of para-hydroxylation sites is 1. The summed E-state index contributed by atoms with van der Waals surface area (Å²) in [6, 6.07) is 17.8. The Morgan fingerprint density at radius 3 is 2.58 bits per heavy atom. The first-order chi connectivity index (χ1) is 14.7. The van der Waals surface area contributed by atoms with Gasteiger partial charge >= 0.3 is 0 Å². The van der Waals surface area contributed by atoms with Crippen LogP contribution in [0.1, 0.15) is 37.4 Å². The average Bonchev–Trinajstić information content (AvgIpc) is 3.19. The lowest BCUT2D eigenvalue weighted by atomic mass is 10.2. The van der Waals surface area contributed by atoms with E-state index in [9.17, 15) is 0 Å². The molecule has 0 aliphatic heterocycles. The Labute approximate surface area is 192 Å². The van der Waals surface area contributed by atoms with E-state index >= 15 is 0 Å². The van der Waals surface area contributed by atoms with Gasteiger partial charge in [0.25, 0.3) is 0 Å². The summed E-state index contributed by atoms with van der Waals surface area (Å²) < 4.78 is 6.17. The molecule has 1 atom stereocenters. The van der Waals surface area contributed by atoms with Gasteiger partial charge in [0.1, 0.15) is 5.75 Å². The van der Waals surface area contributed by atoms with Crippen LogP contribution in [0.3, 0.4) is 0 Å². The molecule has 0 saturated heterocycles. The van der Waals surface area contributed by atoms with Gasteiger partial charge in [-0.15, -0.1) is 23.1 Å². The molecule has 0 saturated carbocycles. The van der Waals surface area contributed by atoms with E-state index in [1.54, 1.807) is 23.1 Å². The maximum Gasteiger partial charge on any atom is 0.188 e. The Kier molecular flexibility index (Phi) is 8.03. The highest BCUT2D eigenvalue weighted by molar-refractivity contribution is 7.99. The first-order valence-corrected chi connectivity index (χ1v) is 11.5. The predicted molar refractivity (Wildman–Crippen MR) is 131 cm³/mol. The third kappa shape index (κ3) is 6.06. The van der Waals surface area contributed by atoms with E-state index in [2.05, 4.69) is 33.3 Å². The van der Waals surface area contributed by atoms with Gasteiger partial charge in [-0.05, 0) is 43.7 Å². The fourth-order valence-electron chi connectivity index (χ4n) is 2.87. The van der Waals surface area contributed by atoms with Crippen LogP contribution in [0, 0.1) is 6.92 Å². The third-order valence-electron chi connectivity index (χ3n) is 4.31. The first-order valence-electron chi connectivity index (χ1n) is 9.71. The minimum atomic E-state index is 0. The van der Waals surface area contributed by atoms with Crippen LogP contribution in [0.4, 0.5) is 10.9 Å². The summed E-state index contributed by atoms with van der Waals surface area (Å²) in [6.45, 7) is 4.14. The molecule has 4 aromatic rings. The number of thioether (sulfide) groups is 1. The third-order valence-corrected chi connectivity index (χ3v) is 6.54. The molecule has 1 aromatic carbocycles. The highest BCUT2D eigenvalue weighted by Gasteiger charge is 2.16.